The second-order valence-corrected chi connectivity index (χ2v) is 7.73. The SMILES string of the molecule is CC(C)c1csc(C(=O)Nc2cnn3ccc(-c4ccccc4OC(F)(F)F)nc23)n1. The largest absolute Gasteiger partial charge is 0.573 e. The monoisotopic (exact) mass is 447 g/mol. The molecule has 3 aromatic heterocycles. The highest BCUT2D eigenvalue weighted by Crippen LogP contribution is 2.33. The first-order valence-electron chi connectivity index (χ1n) is 9.17. The van der Waals surface area contributed by atoms with Crippen LogP contribution in [0.3, 0.4) is 0 Å². The Hall–Kier alpha value is -3.47. The summed E-state index contributed by atoms with van der Waals surface area (Å²) in [7, 11) is 0. The van der Waals surface area contributed by atoms with E-state index in [1.165, 1.54) is 52.5 Å². The molecule has 4 rings (SSSR count). The predicted octanol–water partition coefficient (Wildman–Crippen LogP) is 5.13. The van der Waals surface area contributed by atoms with Crippen LogP contribution in [0.1, 0.15) is 35.3 Å². The van der Waals surface area contributed by atoms with Crippen LogP contribution < -0.4 is 10.1 Å². The van der Waals surface area contributed by atoms with Crippen LogP contribution in [0.4, 0.5) is 18.9 Å². The Morgan fingerprint density at radius 2 is 1.97 bits per heavy atom. The summed E-state index contributed by atoms with van der Waals surface area (Å²) < 4.78 is 43.8. The van der Waals surface area contributed by atoms with E-state index >= 15 is 0 Å². The van der Waals surface area contributed by atoms with Gasteiger partial charge in [-0.3, -0.25) is 4.79 Å². The van der Waals surface area contributed by atoms with Gasteiger partial charge in [-0.2, -0.15) is 5.10 Å². The average molecular weight is 447 g/mol. The maximum absolute atomic E-state index is 12.8. The Kier molecular flexibility index (Phi) is 5.36. The van der Waals surface area contributed by atoms with Crippen LogP contribution in [-0.4, -0.2) is 31.9 Å². The predicted molar refractivity (Wildman–Crippen MR) is 109 cm³/mol. The van der Waals surface area contributed by atoms with E-state index < -0.39 is 12.3 Å². The average Bonchev–Trinajstić information content (AvgIpc) is 3.35. The molecule has 1 amide bonds. The summed E-state index contributed by atoms with van der Waals surface area (Å²) in [5.41, 5.74) is 1.79. The van der Waals surface area contributed by atoms with Gasteiger partial charge in [0, 0.05) is 17.1 Å². The number of para-hydroxylation sites is 1. The molecule has 0 aliphatic carbocycles. The van der Waals surface area contributed by atoms with Crippen LogP contribution in [0.5, 0.6) is 5.75 Å². The molecule has 1 N–H and O–H groups in total. The molecular formula is C20H16F3N5O2S. The van der Waals surface area contributed by atoms with Gasteiger partial charge in [0.05, 0.1) is 17.6 Å². The van der Waals surface area contributed by atoms with Crippen LogP contribution in [0.2, 0.25) is 0 Å². The molecule has 0 radical (unpaired) electrons. The van der Waals surface area contributed by atoms with Crippen molar-refractivity contribution >= 4 is 28.6 Å². The number of carbonyl (C=O) groups excluding carboxylic acids is 1. The molecule has 0 bridgehead atoms. The minimum absolute atomic E-state index is 0.155. The Morgan fingerprint density at radius 1 is 1.19 bits per heavy atom. The summed E-state index contributed by atoms with van der Waals surface area (Å²) in [5.74, 6) is -0.598. The summed E-state index contributed by atoms with van der Waals surface area (Å²) >= 11 is 1.23. The Bertz CT molecular complexity index is 1250. The fourth-order valence-corrected chi connectivity index (χ4v) is 3.70. The highest BCUT2D eigenvalue weighted by atomic mass is 32.1. The first-order chi connectivity index (χ1) is 14.7. The number of fused-ring (bicyclic) bond motifs is 1. The molecule has 0 aliphatic rings. The van der Waals surface area contributed by atoms with Crippen molar-refractivity contribution < 1.29 is 22.7 Å². The number of halogens is 3. The van der Waals surface area contributed by atoms with E-state index in [-0.39, 0.29) is 28.6 Å². The molecule has 1 aromatic carbocycles. The van der Waals surface area contributed by atoms with Gasteiger partial charge >= 0.3 is 6.36 Å². The number of aromatic nitrogens is 4. The molecule has 31 heavy (non-hydrogen) atoms. The summed E-state index contributed by atoms with van der Waals surface area (Å²) in [6.07, 6.45) is -1.88. The second-order valence-electron chi connectivity index (χ2n) is 6.87. The minimum Gasteiger partial charge on any atom is -0.405 e. The molecular weight excluding hydrogens is 431 g/mol. The van der Waals surface area contributed by atoms with E-state index in [1.807, 2.05) is 19.2 Å². The van der Waals surface area contributed by atoms with Crippen LogP contribution in [-0.2, 0) is 0 Å². The molecule has 0 atom stereocenters. The topological polar surface area (TPSA) is 81.4 Å². The fourth-order valence-electron chi connectivity index (χ4n) is 2.83. The number of anilines is 1. The van der Waals surface area contributed by atoms with Crippen molar-refractivity contribution in [3.63, 3.8) is 0 Å². The van der Waals surface area contributed by atoms with Gasteiger partial charge in [0.1, 0.15) is 11.4 Å². The number of carbonyl (C=O) groups is 1. The standard InChI is InChI=1S/C20H16F3N5O2S/c1-11(2)15-10-31-19(27-15)18(29)26-14-9-24-28-8-7-13(25-17(14)28)12-5-3-4-6-16(12)30-20(21,22)23/h3-11H,1-2H3,(H,26,29). The highest BCUT2D eigenvalue weighted by molar-refractivity contribution is 7.11. The number of alkyl halides is 3. The second kappa shape index (κ2) is 7.99. The molecule has 0 saturated carbocycles. The van der Waals surface area contributed by atoms with Gasteiger partial charge in [-0.1, -0.05) is 26.0 Å². The number of rotatable bonds is 5. The first-order valence-corrected chi connectivity index (χ1v) is 10.1. The lowest BCUT2D eigenvalue weighted by molar-refractivity contribution is -0.274. The Balaban J connectivity index is 1.66. The van der Waals surface area contributed by atoms with E-state index in [0.29, 0.717) is 10.7 Å². The Labute approximate surface area is 178 Å². The number of ether oxygens (including phenoxy) is 1. The molecule has 0 fully saturated rings. The molecule has 0 aliphatic heterocycles. The van der Waals surface area contributed by atoms with Crippen LogP contribution in [0.15, 0.2) is 48.1 Å². The maximum atomic E-state index is 12.8. The lowest BCUT2D eigenvalue weighted by Gasteiger charge is -2.13. The number of nitrogens with zero attached hydrogens (tertiary/aromatic N) is 4. The summed E-state index contributed by atoms with van der Waals surface area (Å²) in [5, 5.41) is 8.96. The number of amides is 1. The normalized spacial score (nSPS) is 11.8. The molecule has 11 heteroatoms. The highest BCUT2D eigenvalue weighted by Gasteiger charge is 2.32. The van der Waals surface area contributed by atoms with Crippen molar-refractivity contribution in [3.8, 4) is 17.0 Å². The van der Waals surface area contributed by atoms with Crippen molar-refractivity contribution in [2.45, 2.75) is 26.1 Å². The lowest BCUT2D eigenvalue weighted by atomic mass is 10.1. The zero-order valence-corrected chi connectivity index (χ0v) is 17.2. The van der Waals surface area contributed by atoms with Gasteiger partial charge in [0.25, 0.3) is 5.91 Å². The number of thiazole rings is 1. The zero-order chi connectivity index (χ0) is 22.2. The van der Waals surface area contributed by atoms with Crippen molar-refractivity contribution in [2.75, 3.05) is 5.32 Å². The lowest BCUT2D eigenvalue weighted by Crippen LogP contribution is -2.17. The third-order valence-electron chi connectivity index (χ3n) is 4.31. The van der Waals surface area contributed by atoms with Gasteiger partial charge in [-0.15, -0.1) is 24.5 Å². The van der Waals surface area contributed by atoms with E-state index in [2.05, 4.69) is 25.1 Å². The smallest absolute Gasteiger partial charge is 0.405 e. The zero-order valence-electron chi connectivity index (χ0n) is 16.3. The van der Waals surface area contributed by atoms with Crippen molar-refractivity contribution in [3.05, 3.63) is 58.8 Å². The quantitative estimate of drug-likeness (QED) is 0.459. The third kappa shape index (κ3) is 4.50. The van der Waals surface area contributed by atoms with Gasteiger partial charge in [0.2, 0.25) is 0 Å². The molecule has 3 heterocycles. The van der Waals surface area contributed by atoms with Gasteiger partial charge < -0.3 is 10.1 Å². The van der Waals surface area contributed by atoms with Crippen LogP contribution in [0.25, 0.3) is 16.9 Å². The van der Waals surface area contributed by atoms with Crippen molar-refractivity contribution in [1.29, 1.82) is 0 Å². The molecule has 0 spiro atoms. The number of benzene rings is 1. The number of hydrogen-bond acceptors (Lipinski definition) is 6. The van der Waals surface area contributed by atoms with E-state index in [4.69, 9.17) is 0 Å². The first kappa shape index (κ1) is 20.8. The van der Waals surface area contributed by atoms with Crippen molar-refractivity contribution in [2.24, 2.45) is 0 Å². The molecule has 0 unspecified atom stereocenters. The van der Waals surface area contributed by atoms with E-state index in [9.17, 15) is 18.0 Å². The van der Waals surface area contributed by atoms with Gasteiger partial charge in [-0.25, -0.2) is 14.5 Å². The van der Waals surface area contributed by atoms with Gasteiger partial charge in [0.15, 0.2) is 10.7 Å². The van der Waals surface area contributed by atoms with Crippen molar-refractivity contribution in [1.82, 2.24) is 19.6 Å². The maximum Gasteiger partial charge on any atom is 0.573 e. The third-order valence-corrected chi connectivity index (χ3v) is 5.17. The Morgan fingerprint density at radius 3 is 2.68 bits per heavy atom. The number of hydrogen-bond donors (Lipinski definition) is 1. The van der Waals surface area contributed by atoms with E-state index in [1.54, 1.807) is 6.07 Å². The molecule has 7 nitrogen and oxygen atoms in total. The summed E-state index contributed by atoms with van der Waals surface area (Å²) in [6.45, 7) is 3.96. The van der Waals surface area contributed by atoms with Gasteiger partial charge in [-0.05, 0) is 24.1 Å². The minimum atomic E-state index is -4.83. The molecule has 0 saturated heterocycles. The summed E-state index contributed by atoms with van der Waals surface area (Å²) in [6, 6.07) is 7.21. The van der Waals surface area contributed by atoms with Crippen LogP contribution >= 0.6 is 11.3 Å². The summed E-state index contributed by atoms with van der Waals surface area (Å²) in [4.78, 5) is 21.3. The van der Waals surface area contributed by atoms with E-state index in [0.717, 1.165) is 5.69 Å². The molecule has 160 valence electrons. The van der Waals surface area contributed by atoms with Crippen LogP contribution in [0, 0.1) is 0 Å². The number of nitrogens with one attached hydrogen (secondary N) is 1. The molecule has 4 aromatic rings. The fraction of sp³-hybridized carbons (Fsp3) is 0.200.